The average molecular weight is 191 g/mol. The maximum atomic E-state index is 12.1. The molecule has 12 heavy (non-hydrogen) atoms. The van der Waals surface area contributed by atoms with Crippen LogP contribution in [-0.2, 0) is 6.42 Å². The maximum Gasteiger partial charge on any atom is 0.258 e. The third kappa shape index (κ3) is 2.01. The van der Waals surface area contributed by atoms with Gasteiger partial charge in [-0.25, -0.2) is 8.78 Å². The Morgan fingerprint density at radius 2 is 2.17 bits per heavy atom. The zero-order valence-electron chi connectivity index (χ0n) is 6.76. The molecule has 1 atom stereocenters. The van der Waals surface area contributed by atoms with E-state index in [1.54, 1.807) is 6.07 Å². The first-order valence-electron chi connectivity index (χ1n) is 3.77. The molecule has 0 aliphatic carbocycles. The summed E-state index contributed by atoms with van der Waals surface area (Å²) >= 11 is 1.36. The summed E-state index contributed by atoms with van der Waals surface area (Å²) in [4.78, 5) is 1.67. The number of thiophene rings is 1. The van der Waals surface area contributed by atoms with Crippen molar-refractivity contribution in [2.24, 2.45) is 5.73 Å². The molecule has 0 bridgehead atoms. The predicted octanol–water partition coefficient (Wildman–Crippen LogP) is 2.58. The minimum atomic E-state index is -2.46. The Morgan fingerprint density at radius 3 is 2.58 bits per heavy atom. The van der Waals surface area contributed by atoms with Crippen molar-refractivity contribution in [1.29, 1.82) is 0 Å². The van der Waals surface area contributed by atoms with Crippen LogP contribution in [0.2, 0.25) is 0 Å². The lowest BCUT2D eigenvalue weighted by Crippen LogP contribution is -2.17. The van der Waals surface area contributed by atoms with Crippen molar-refractivity contribution in [3.8, 4) is 0 Å². The van der Waals surface area contributed by atoms with Gasteiger partial charge in [-0.2, -0.15) is 0 Å². The molecule has 0 amide bonds. The second kappa shape index (κ2) is 3.96. The molecule has 0 spiro atoms. The van der Waals surface area contributed by atoms with Crippen LogP contribution in [0.25, 0.3) is 0 Å². The van der Waals surface area contributed by atoms with E-state index in [-0.39, 0.29) is 0 Å². The second-order valence-corrected chi connectivity index (χ2v) is 3.72. The van der Waals surface area contributed by atoms with E-state index in [0.717, 1.165) is 11.3 Å². The molecule has 1 aromatic heterocycles. The first kappa shape index (κ1) is 9.61. The summed E-state index contributed by atoms with van der Waals surface area (Å²) in [7, 11) is 0. The van der Waals surface area contributed by atoms with Gasteiger partial charge in [0, 0.05) is 9.75 Å². The van der Waals surface area contributed by atoms with E-state index in [9.17, 15) is 8.78 Å². The van der Waals surface area contributed by atoms with E-state index >= 15 is 0 Å². The van der Waals surface area contributed by atoms with E-state index in [1.165, 1.54) is 11.3 Å². The Balaban J connectivity index is 2.74. The molecule has 1 aromatic rings. The molecule has 0 aliphatic heterocycles. The van der Waals surface area contributed by atoms with Gasteiger partial charge in [-0.1, -0.05) is 6.92 Å². The topological polar surface area (TPSA) is 26.0 Å². The number of hydrogen-bond acceptors (Lipinski definition) is 2. The fourth-order valence-corrected chi connectivity index (χ4v) is 1.85. The van der Waals surface area contributed by atoms with Gasteiger partial charge < -0.3 is 5.73 Å². The molecule has 0 fully saturated rings. The average Bonchev–Trinajstić information content (AvgIpc) is 2.50. The Bertz CT molecular complexity index is 247. The zero-order valence-corrected chi connectivity index (χ0v) is 7.57. The number of nitrogens with two attached hydrogens (primary N) is 1. The standard InChI is InChI=1S/C8H11F2NS/c1-2-5-3-4-6(12-5)7(11)8(9)10/h3-4,7-8H,2,11H2,1H3/t7-/m1/s1. The Morgan fingerprint density at radius 1 is 1.50 bits per heavy atom. The Labute approximate surface area is 74.2 Å². The van der Waals surface area contributed by atoms with E-state index in [0.29, 0.717) is 4.88 Å². The smallest absolute Gasteiger partial charge is 0.258 e. The van der Waals surface area contributed by atoms with Crippen molar-refractivity contribution in [3.05, 3.63) is 21.9 Å². The van der Waals surface area contributed by atoms with Crippen LogP contribution in [0.3, 0.4) is 0 Å². The van der Waals surface area contributed by atoms with Crippen LogP contribution in [-0.4, -0.2) is 6.43 Å². The summed E-state index contributed by atoms with van der Waals surface area (Å²) in [6, 6.07) is 2.41. The lowest BCUT2D eigenvalue weighted by molar-refractivity contribution is 0.118. The van der Waals surface area contributed by atoms with E-state index in [4.69, 9.17) is 5.73 Å². The number of hydrogen-bond donors (Lipinski definition) is 1. The highest BCUT2D eigenvalue weighted by Crippen LogP contribution is 2.25. The van der Waals surface area contributed by atoms with Gasteiger partial charge in [0.05, 0.1) is 0 Å². The largest absolute Gasteiger partial charge is 0.319 e. The normalized spacial score (nSPS) is 13.8. The Kier molecular flexibility index (Phi) is 3.17. The SMILES string of the molecule is CCc1ccc([C@@H](N)C(F)F)s1. The van der Waals surface area contributed by atoms with Crippen molar-refractivity contribution >= 4 is 11.3 Å². The van der Waals surface area contributed by atoms with E-state index < -0.39 is 12.5 Å². The summed E-state index contributed by atoms with van der Waals surface area (Å²) < 4.78 is 24.2. The van der Waals surface area contributed by atoms with Gasteiger partial charge in [-0.3, -0.25) is 0 Å². The molecule has 2 N–H and O–H groups in total. The van der Waals surface area contributed by atoms with Gasteiger partial charge in [0.1, 0.15) is 6.04 Å². The first-order valence-corrected chi connectivity index (χ1v) is 4.59. The maximum absolute atomic E-state index is 12.1. The van der Waals surface area contributed by atoms with Crippen LogP contribution in [0.5, 0.6) is 0 Å². The molecule has 1 rings (SSSR count). The highest BCUT2D eigenvalue weighted by atomic mass is 32.1. The molecule has 4 heteroatoms. The molecule has 0 aliphatic rings. The molecule has 0 saturated carbocycles. The lowest BCUT2D eigenvalue weighted by Gasteiger charge is -2.06. The molecule has 0 saturated heterocycles. The monoisotopic (exact) mass is 191 g/mol. The molecule has 1 nitrogen and oxygen atoms in total. The highest BCUT2D eigenvalue weighted by molar-refractivity contribution is 7.12. The summed E-state index contributed by atoms with van der Waals surface area (Å²) in [6.45, 7) is 1.99. The molecular formula is C8H11F2NS. The van der Waals surface area contributed by atoms with Gasteiger partial charge >= 0.3 is 0 Å². The molecule has 68 valence electrons. The van der Waals surface area contributed by atoms with Crippen molar-refractivity contribution in [3.63, 3.8) is 0 Å². The van der Waals surface area contributed by atoms with Gasteiger partial charge in [0.25, 0.3) is 6.43 Å². The molecule has 1 heterocycles. The van der Waals surface area contributed by atoms with Crippen molar-refractivity contribution < 1.29 is 8.78 Å². The number of aryl methyl sites for hydroxylation is 1. The summed E-state index contributed by atoms with van der Waals surface area (Å²) in [5.41, 5.74) is 5.27. The third-order valence-corrected chi connectivity index (χ3v) is 2.96. The number of halogens is 2. The van der Waals surface area contributed by atoms with Crippen LogP contribution >= 0.6 is 11.3 Å². The molecule has 0 aromatic carbocycles. The van der Waals surface area contributed by atoms with E-state index in [2.05, 4.69) is 0 Å². The van der Waals surface area contributed by atoms with Gasteiger partial charge in [0.15, 0.2) is 0 Å². The predicted molar refractivity (Wildman–Crippen MR) is 46.6 cm³/mol. The van der Waals surface area contributed by atoms with Crippen LogP contribution < -0.4 is 5.73 Å². The van der Waals surface area contributed by atoms with Crippen molar-refractivity contribution in [2.75, 3.05) is 0 Å². The molecular weight excluding hydrogens is 180 g/mol. The highest BCUT2D eigenvalue weighted by Gasteiger charge is 2.18. The summed E-state index contributed by atoms with van der Waals surface area (Å²) in [5.74, 6) is 0. The summed E-state index contributed by atoms with van der Waals surface area (Å²) in [5, 5.41) is 0. The van der Waals surface area contributed by atoms with Crippen molar-refractivity contribution in [1.82, 2.24) is 0 Å². The molecule has 0 radical (unpaired) electrons. The molecule has 0 unspecified atom stereocenters. The van der Waals surface area contributed by atoms with Gasteiger partial charge in [0.2, 0.25) is 0 Å². The lowest BCUT2D eigenvalue weighted by atomic mass is 10.2. The van der Waals surface area contributed by atoms with Gasteiger partial charge in [-0.05, 0) is 18.6 Å². The second-order valence-electron chi connectivity index (χ2n) is 2.52. The van der Waals surface area contributed by atoms with Crippen molar-refractivity contribution in [2.45, 2.75) is 25.8 Å². The Hall–Kier alpha value is -0.480. The van der Waals surface area contributed by atoms with Crippen LogP contribution in [0, 0.1) is 0 Å². The fourth-order valence-electron chi connectivity index (χ4n) is 0.888. The summed E-state index contributed by atoms with van der Waals surface area (Å²) in [6.07, 6.45) is -1.59. The first-order chi connectivity index (χ1) is 5.65. The fraction of sp³-hybridized carbons (Fsp3) is 0.500. The van der Waals surface area contributed by atoms with Crippen LogP contribution in [0.15, 0.2) is 12.1 Å². The van der Waals surface area contributed by atoms with E-state index in [1.807, 2.05) is 13.0 Å². The minimum Gasteiger partial charge on any atom is -0.319 e. The van der Waals surface area contributed by atoms with Crippen LogP contribution in [0.1, 0.15) is 22.7 Å². The van der Waals surface area contributed by atoms with Crippen LogP contribution in [0.4, 0.5) is 8.78 Å². The van der Waals surface area contributed by atoms with Gasteiger partial charge in [-0.15, -0.1) is 11.3 Å². The zero-order chi connectivity index (χ0) is 9.14. The minimum absolute atomic E-state index is 0.571. The quantitative estimate of drug-likeness (QED) is 0.780. The third-order valence-electron chi connectivity index (χ3n) is 1.63. The number of rotatable bonds is 3. The number of alkyl halides is 2.